The van der Waals surface area contributed by atoms with Crippen LogP contribution in [-0.2, 0) is 9.47 Å². The minimum atomic E-state index is -0.820. The number of aliphatic hydroxyl groups excluding tert-OH is 1. The van der Waals surface area contributed by atoms with Gasteiger partial charge in [0.25, 0.3) is 5.91 Å². The summed E-state index contributed by atoms with van der Waals surface area (Å²) in [4.78, 5) is 13.9. The Hall–Kier alpha value is -1.50. The van der Waals surface area contributed by atoms with Crippen LogP contribution in [0.5, 0.6) is 0 Å². The van der Waals surface area contributed by atoms with Crippen LogP contribution < -0.4 is 0 Å². The summed E-state index contributed by atoms with van der Waals surface area (Å²) >= 11 is 0. The molecule has 21 heavy (non-hydrogen) atoms. The quantitative estimate of drug-likeness (QED) is 0.903. The summed E-state index contributed by atoms with van der Waals surface area (Å²) in [6, 6.07) is 3.70. The lowest BCUT2D eigenvalue weighted by Crippen LogP contribution is -2.56. The SMILES string of the molecule is CO[C@@H]1COC[C@@H](N(C)C(=O)c2ccc(F)c(C)c2)[C@@H]1O. The smallest absolute Gasteiger partial charge is 0.254 e. The predicted molar refractivity (Wildman–Crippen MR) is 74.6 cm³/mol. The van der Waals surface area contributed by atoms with Gasteiger partial charge in [0.2, 0.25) is 0 Å². The van der Waals surface area contributed by atoms with Crippen molar-refractivity contribution in [1.82, 2.24) is 4.90 Å². The molecule has 5 nitrogen and oxygen atoms in total. The number of rotatable bonds is 3. The summed E-state index contributed by atoms with van der Waals surface area (Å²) in [5, 5.41) is 10.2. The number of likely N-dealkylation sites (N-methyl/N-ethyl adjacent to an activating group) is 1. The highest BCUT2D eigenvalue weighted by atomic mass is 19.1. The van der Waals surface area contributed by atoms with Crippen molar-refractivity contribution in [1.29, 1.82) is 0 Å². The number of methoxy groups -OCH3 is 1. The zero-order chi connectivity index (χ0) is 15.6. The number of ether oxygens (including phenoxy) is 2. The average Bonchev–Trinajstić information content (AvgIpc) is 2.49. The van der Waals surface area contributed by atoms with Crippen molar-refractivity contribution in [3.63, 3.8) is 0 Å². The van der Waals surface area contributed by atoms with Gasteiger partial charge < -0.3 is 19.5 Å². The van der Waals surface area contributed by atoms with Gasteiger partial charge in [-0.15, -0.1) is 0 Å². The van der Waals surface area contributed by atoms with Gasteiger partial charge in [-0.1, -0.05) is 0 Å². The number of carbonyl (C=O) groups excluding carboxylic acids is 1. The van der Waals surface area contributed by atoms with E-state index in [9.17, 15) is 14.3 Å². The molecule has 0 saturated carbocycles. The Balaban J connectivity index is 2.16. The minimum absolute atomic E-state index is 0.240. The molecule has 0 unspecified atom stereocenters. The predicted octanol–water partition coefficient (Wildman–Crippen LogP) is 0.981. The third-order valence-electron chi connectivity index (χ3n) is 3.87. The highest BCUT2D eigenvalue weighted by molar-refractivity contribution is 5.94. The maximum absolute atomic E-state index is 13.3. The van der Waals surface area contributed by atoms with E-state index in [2.05, 4.69) is 0 Å². The molecule has 0 aliphatic carbocycles. The van der Waals surface area contributed by atoms with Crippen LogP contribution in [-0.4, -0.2) is 61.5 Å². The van der Waals surface area contributed by atoms with Crippen molar-refractivity contribution >= 4 is 5.91 Å². The Labute approximate surface area is 123 Å². The van der Waals surface area contributed by atoms with Crippen LogP contribution in [0.2, 0.25) is 0 Å². The topological polar surface area (TPSA) is 59.0 Å². The first-order valence-electron chi connectivity index (χ1n) is 6.77. The molecule has 1 saturated heterocycles. The van der Waals surface area contributed by atoms with Gasteiger partial charge in [-0.3, -0.25) is 4.79 Å². The van der Waals surface area contributed by atoms with Gasteiger partial charge in [-0.2, -0.15) is 0 Å². The largest absolute Gasteiger partial charge is 0.388 e. The molecule has 1 aliphatic rings. The Kier molecular flexibility index (Phi) is 4.92. The summed E-state index contributed by atoms with van der Waals surface area (Å²) in [7, 11) is 3.08. The fraction of sp³-hybridized carbons (Fsp3) is 0.533. The summed E-state index contributed by atoms with van der Waals surface area (Å²) < 4.78 is 23.8. The van der Waals surface area contributed by atoms with Gasteiger partial charge in [0, 0.05) is 19.7 Å². The van der Waals surface area contributed by atoms with Gasteiger partial charge in [0.1, 0.15) is 18.0 Å². The molecule has 6 heteroatoms. The Morgan fingerprint density at radius 1 is 1.48 bits per heavy atom. The van der Waals surface area contributed by atoms with Crippen molar-refractivity contribution in [2.75, 3.05) is 27.4 Å². The lowest BCUT2D eigenvalue weighted by atomic mass is 10.0. The van der Waals surface area contributed by atoms with E-state index >= 15 is 0 Å². The molecule has 3 atom stereocenters. The number of nitrogens with zero attached hydrogens (tertiary/aromatic N) is 1. The molecule has 1 aliphatic heterocycles. The molecule has 0 aromatic heterocycles. The van der Waals surface area contributed by atoms with Gasteiger partial charge in [-0.05, 0) is 30.7 Å². The monoisotopic (exact) mass is 297 g/mol. The first-order valence-corrected chi connectivity index (χ1v) is 6.77. The average molecular weight is 297 g/mol. The summed E-state index contributed by atoms with van der Waals surface area (Å²) in [5.41, 5.74) is 0.785. The van der Waals surface area contributed by atoms with E-state index in [0.29, 0.717) is 17.7 Å². The standard InChI is InChI=1S/C15H20FNO4/c1-9-6-10(4-5-11(9)16)15(19)17(2)12-7-21-8-13(20-3)14(12)18/h4-6,12-14,18H,7-8H2,1-3H3/t12-,13-,14+/m1/s1. The number of hydrogen-bond donors (Lipinski definition) is 1. The molecular weight excluding hydrogens is 277 g/mol. The Morgan fingerprint density at radius 3 is 2.81 bits per heavy atom. The molecule has 116 valence electrons. The van der Waals surface area contributed by atoms with E-state index < -0.39 is 18.2 Å². The van der Waals surface area contributed by atoms with Crippen LogP contribution in [0.4, 0.5) is 4.39 Å². The van der Waals surface area contributed by atoms with Crippen LogP contribution in [0, 0.1) is 12.7 Å². The molecule has 1 aromatic rings. The van der Waals surface area contributed by atoms with Gasteiger partial charge in [0.05, 0.1) is 19.3 Å². The van der Waals surface area contributed by atoms with E-state index in [1.807, 2.05) is 0 Å². The molecule has 2 rings (SSSR count). The summed E-state index contributed by atoms with van der Waals surface area (Å²) in [5.74, 6) is -0.641. The molecule has 1 N–H and O–H groups in total. The minimum Gasteiger partial charge on any atom is -0.388 e. The van der Waals surface area contributed by atoms with Crippen molar-refractivity contribution < 1.29 is 23.8 Å². The summed E-state index contributed by atoms with van der Waals surface area (Å²) in [6.07, 6.45) is -1.28. The number of benzene rings is 1. The number of amides is 1. The molecule has 0 bridgehead atoms. The highest BCUT2D eigenvalue weighted by Gasteiger charge is 2.37. The lowest BCUT2D eigenvalue weighted by Gasteiger charge is -2.38. The van der Waals surface area contributed by atoms with Crippen LogP contribution >= 0.6 is 0 Å². The second kappa shape index (κ2) is 6.51. The van der Waals surface area contributed by atoms with Gasteiger partial charge >= 0.3 is 0 Å². The fourth-order valence-electron chi connectivity index (χ4n) is 2.43. The van der Waals surface area contributed by atoms with Crippen LogP contribution in [0.15, 0.2) is 18.2 Å². The van der Waals surface area contributed by atoms with Crippen molar-refractivity contribution in [3.8, 4) is 0 Å². The van der Waals surface area contributed by atoms with E-state index in [-0.39, 0.29) is 18.3 Å². The number of aliphatic hydroxyl groups is 1. The lowest BCUT2D eigenvalue weighted by molar-refractivity contribution is -0.135. The zero-order valence-corrected chi connectivity index (χ0v) is 12.4. The number of hydrogen-bond acceptors (Lipinski definition) is 4. The molecule has 1 fully saturated rings. The molecule has 0 radical (unpaired) electrons. The van der Waals surface area contributed by atoms with Crippen LogP contribution in [0.25, 0.3) is 0 Å². The van der Waals surface area contributed by atoms with E-state index in [4.69, 9.17) is 9.47 Å². The second-order valence-corrected chi connectivity index (χ2v) is 5.25. The fourth-order valence-corrected chi connectivity index (χ4v) is 2.43. The number of aryl methyl sites for hydroxylation is 1. The van der Waals surface area contributed by atoms with Crippen LogP contribution in [0.1, 0.15) is 15.9 Å². The maximum atomic E-state index is 13.3. The second-order valence-electron chi connectivity index (χ2n) is 5.25. The number of carbonyl (C=O) groups is 1. The van der Waals surface area contributed by atoms with Crippen molar-refractivity contribution in [2.24, 2.45) is 0 Å². The first kappa shape index (κ1) is 15.9. The van der Waals surface area contributed by atoms with E-state index in [1.54, 1.807) is 14.0 Å². The maximum Gasteiger partial charge on any atom is 0.254 e. The van der Waals surface area contributed by atoms with Crippen molar-refractivity contribution in [2.45, 2.75) is 25.2 Å². The third-order valence-corrected chi connectivity index (χ3v) is 3.87. The Bertz CT molecular complexity index is 522. The molecule has 1 heterocycles. The summed E-state index contributed by atoms with van der Waals surface area (Å²) in [6.45, 7) is 2.14. The molecule has 1 aromatic carbocycles. The normalized spacial score (nSPS) is 25.7. The zero-order valence-electron chi connectivity index (χ0n) is 12.4. The molecule has 0 spiro atoms. The van der Waals surface area contributed by atoms with Crippen LogP contribution in [0.3, 0.4) is 0 Å². The van der Waals surface area contributed by atoms with Gasteiger partial charge in [-0.25, -0.2) is 4.39 Å². The molecule has 1 amide bonds. The Morgan fingerprint density at radius 2 is 2.19 bits per heavy atom. The third kappa shape index (κ3) is 3.23. The first-order chi connectivity index (χ1) is 9.95. The van der Waals surface area contributed by atoms with Gasteiger partial charge in [0.15, 0.2) is 0 Å². The van der Waals surface area contributed by atoms with E-state index in [0.717, 1.165) is 0 Å². The highest BCUT2D eigenvalue weighted by Crippen LogP contribution is 2.19. The molecular formula is C15H20FNO4. The van der Waals surface area contributed by atoms with Crippen molar-refractivity contribution in [3.05, 3.63) is 35.1 Å². The number of halogens is 1. The van der Waals surface area contributed by atoms with E-state index in [1.165, 1.54) is 30.2 Å².